The number of aromatic nitrogens is 3. The normalized spacial score (nSPS) is 17.5. The molecule has 1 aromatic heterocycles. The Kier molecular flexibility index (Phi) is 7.88. The summed E-state index contributed by atoms with van der Waals surface area (Å²) in [5.41, 5.74) is 1.40. The largest absolute Gasteiger partial charge is 0.301 e. The summed E-state index contributed by atoms with van der Waals surface area (Å²) in [6.07, 6.45) is 8.28. The highest BCUT2D eigenvalue weighted by atomic mass is 15.4. The minimum atomic E-state index is 0.279. The standard InChI is InChI=1S/C20H39N5/c1-18(2)24-14-12-23(13-15-24)10-8-6-7-9-11-25-17-19(21-22-25)16-20(3,4)5/h17-18H,6-16H2,1-5H3. The van der Waals surface area contributed by atoms with Crippen molar-refractivity contribution in [3.63, 3.8) is 0 Å². The third-order valence-corrected chi connectivity index (χ3v) is 5.05. The van der Waals surface area contributed by atoms with Crippen LogP contribution in [-0.2, 0) is 13.0 Å². The van der Waals surface area contributed by atoms with Crippen molar-refractivity contribution in [3.05, 3.63) is 11.9 Å². The van der Waals surface area contributed by atoms with Gasteiger partial charge in [0.2, 0.25) is 0 Å². The Morgan fingerprint density at radius 3 is 2.20 bits per heavy atom. The van der Waals surface area contributed by atoms with Crippen LogP contribution < -0.4 is 0 Å². The van der Waals surface area contributed by atoms with E-state index in [1.165, 1.54) is 58.4 Å². The molecule has 0 saturated carbocycles. The van der Waals surface area contributed by atoms with Crippen molar-refractivity contribution in [1.82, 2.24) is 24.8 Å². The summed E-state index contributed by atoms with van der Waals surface area (Å²) in [4.78, 5) is 5.22. The molecule has 2 heterocycles. The summed E-state index contributed by atoms with van der Waals surface area (Å²) in [7, 11) is 0. The van der Waals surface area contributed by atoms with Gasteiger partial charge in [0.05, 0.1) is 5.69 Å². The predicted octanol–water partition coefficient (Wildman–Crippen LogP) is 3.45. The molecule has 0 aromatic carbocycles. The molecule has 0 amide bonds. The third-order valence-electron chi connectivity index (χ3n) is 5.05. The van der Waals surface area contributed by atoms with Crippen LogP contribution in [0, 0.1) is 5.41 Å². The van der Waals surface area contributed by atoms with Crippen molar-refractivity contribution in [2.45, 2.75) is 79.3 Å². The van der Waals surface area contributed by atoms with Gasteiger partial charge < -0.3 is 4.90 Å². The van der Waals surface area contributed by atoms with Gasteiger partial charge in [-0.15, -0.1) is 5.10 Å². The maximum absolute atomic E-state index is 4.30. The second-order valence-corrected chi connectivity index (χ2v) is 9.10. The average Bonchev–Trinajstić information content (AvgIpc) is 2.96. The molecule has 144 valence electrons. The van der Waals surface area contributed by atoms with Crippen LogP contribution in [0.5, 0.6) is 0 Å². The molecule has 1 aromatic rings. The first kappa shape index (κ1) is 20.4. The van der Waals surface area contributed by atoms with E-state index in [9.17, 15) is 0 Å². The number of hydrogen-bond acceptors (Lipinski definition) is 4. The quantitative estimate of drug-likeness (QED) is 0.640. The van der Waals surface area contributed by atoms with Crippen molar-refractivity contribution < 1.29 is 0 Å². The summed E-state index contributed by atoms with van der Waals surface area (Å²) < 4.78 is 2.02. The minimum Gasteiger partial charge on any atom is -0.301 e. The van der Waals surface area contributed by atoms with Gasteiger partial charge in [-0.25, -0.2) is 0 Å². The maximum atomic E-state index is 4.30. The lowest BCUT2D eigenvalue weighted by molar-refractivity contribution is 0.107. The van der Waals surface area contributed by atoms with Crippen LogP contribution in [0.15, 0.2) is 6.20 Å². The molecule has 25 heavy (non-hydrogen) atoms. The summed E-state index contributed by atoms with van der Waals surface area (Å²) >= 11 is 0. The highest BCUT2D eigenvalue weighted by Gasteiger charge is 2.18. The molecule has 2 rings (SSSR count). The van der Waals surface area contributed by atoms with Crippen LogP contribution in [-0.4, -0.2) is 63.6 Å². The molecule has 5 heteroatoms. The van der Waals surface area contributed by atoms with Crippen molar-refractivity contribution in [2.75, 3.05) is 32.7 Å². The second kappa shape index (κ2) is 9.67. The van der Waals surface area contributed by atoms with Crippen LogP contribution in [0.3, 0.4) is 0 Å². The van der Waals surface area contributed by atoms with Crippen LogP contribution in [0.4, 0.5) is 0 Å². The lowest BCUT2D eigenvalue weighted by atomic mass is 9.91. The highest BCUT2D eigenvalue weighted by molar-refractivity contribution is 4.95. The van der Waals surface area contributed by atoms with Gasteiger partial charge in [0.25, 0.3) is 0 Å². The van der Waals surface area contributed by atoms with Gasteiger partial charge in [0, 0.05) is 45.0 Å². The zero-order valence-electron chi connectivity index (χ0n) is 17.2. The van der Waals surface area contributed by atoms with E-state index in [4.69, 9.17) is 0 Å². The van der Waals surface area contributed by atoms with Gasteiger partial charge in [0.15, 0.2) is 0 Å². The van der Waals surface area contributed by atoms with Gasteiger partial charge in [-0.1, -0.05) is 38.8 Å². The summed E-state index contributed by atoms with van der Waals surface area (Å²) in [5, 5.41) is 8.57. The van der Waals surface area contributed by atoms with Crippen molar-refractivity contribution in [2.24, 2.45) is 5.41 Å². The van der Waals surface area contributed by atoms with Crippen LogP contribution >= 0.6 is 0 Å². The number of rotatable bonds is 9. The van der Waals surface area contributed by atoms with E-state index in [1.807, 2.05) is 4.68 Å². The SMILES string of the molecule is CC(C)N1CCN(CCCCCCn2cc(CC(C)(C)C)nn2)CC1. The van der Waals surface area contributed by atoms with Crippen molar-refractivity contribution in [3.8, 4) is 0 Å². The fraction of sp³-hybridized carbons (Fsp3) is 0.900. The van der Waals surface area contributed by atoms with E-state index in [2.05, 4.69) is 60.9 Å². The third kappa shape index (κ3) is 7.87. The fourth-order valence-electron chi connectivity index (χ4n) is 3.54. The van der Waals surface area contributed by atoms with E-state index >= 15 is 0 Å². The molecule has 1 aliphatic heterocycles. The Bertz CT molecular complexity index is 481. The van der Waals surface area contributed by atoms with Gasteiger partial charge in [-0.2, -0.15) is 0 Å². The van der Waals surface area contributed by atoms with Crippen LogP contribution in [0.25, 0.3) is 0 Å². The number of hydrogen-bond donors (Lipinski definition) is 0. The van der Waals surface area contributed by atoms with Crippen molar-refractivity contribution >= 4 is 0 Å². The Morgan fingerprint density at radius 2 is 1.60 bits per heavy atom. The van der Waals surface area contributed by atoms with E-state index in [-0.39, 0.29) is 5.41 Å². The van der Waals surface area contributed by atoms with E-state index in [0.717, 1.165) is 18.7 Å². The molecule has 0 atom stereocenters. The molecule has 1 saturated heterocycles. The van der Waals surface area contributed by atoms with Gasteiger partial charge in [-0.05, 0) is 45.1 Å². The second-order valence-electron chi connectivity index (χ2n) is 9.10. The first-order chi connectivity index (χ1) is 11.8. The summed E-state index contributed by atoms with van der Waals surface area (Å²) in [6, 6.07) is 0.697. The zero-order valence-corrected chi connectivity index (χ0v) is 17.2. The first-order valence-corrected chi connectivity index (χ1v) is 10.2. The first-order valence-electron chi connectivity index (χ1n) is 10.2. The fourth-order valence-corrected chi connectivity index (χ4v) is 3.54. The number of nitrogens with zero attached hydrogens (tertiary/aromatic N) is 5. The van der Waals surface area contributed by atoms with E-state index in [0.29, 0.717) is 6.04 Å². The molecule has 0 N–H and O–H groups in total. The predicted molar refractivity (Wildman–Crippen MR) is 105 cm³/mol. The van der Waals surface area contributed by atoms with Crippen molar-refractivity contribution in [1.29, 1.82) is 0 Å². The Labute approximate surface area is 154 Å². The maximum Gasteiger partial charge on any atom is 0.0832 e. The Balaban J connectivity index is 1.51. The molecule has 0 unspecified atom stereocenters. The van der Waals surface area contributed by atoms with E-state index in [1.54, 1.807) is 0 Å². The zero-order chi connectivity index (χ0) is 18.3. The molecule has 0 radical (unpaired) electrons. The topological polar surface area (TPSA) is 37.2 Å². The molecule has 0 spiro atoms. The summed E-state index contributed by atoms with van der Waals surface area (Å²) in [5.74, 6) is 0. The van der Waals surface area contributed by atoms with Crippen LogP contribution in [0.1, 0.15) is 66.0 Å². The molecule has 1 fully saturated rings. The van der Waals surface area contributed by atoms with Gasteiger partial charge in [-0.3, -0.25) is 9.58 Å². The number of piperazine rings is 1. The molecular weight excluding hydrogens is 310 g/mol. The smallest absolute Gasteiger partial charge is 0.0832 e. The lowest BCUT2D eigenvalue weighted by Crippen LogP contribution is -2.48. The molecular formula is C20H39N5. The van der Waals surface area contributed by atoms with Gasteiger partial charge in [0.1, 0.15) is 0 Å². The highest BCUT2D eigenvalue weighted by Crippen LogP contribution is 2.18. The van der Waals surface area contributed by atoms with E-state index < -0.39 is 0 Å². The molecule has 0 aliphatic carbocycles. The minimum absolute atomic E-state index is 0.279. The summed E-state index contributed by atoms with van der Waals surface area (Å²) in [6.45, 7) is 18.6. The molecule has 0 bridgehead atoms. The van der Waals surface area contributed by atoms with Crippen LogP contribution in [0.2, 0.25) is 0 Å². The monoisotopic (exact) mass is 349 g/mol. The molecule has 1 aliphatic rings. The number of unbranched alkanes of at least 4 members (excludes halogenated alkanes) is 3. The average molecular weight is 350 g/mol. The van der Waals surface area contributed by atoms with Gasteiger partial charge >= 0.3 is 0 Å². The molecule has 5 nitrogen and oxygen atoms in total. The lowest BCUT2D eigenvalue weighted by Gasteiger charge is -2.36. The number of aryl methyl sites for hydroxylation is 1. The Hall–Kier alpha value is -0.940. The Morgan fingerprint density at radius 1 is 0.960 bits per heavy atom.